The van der Waals surface area contributed by atoms with Gasteiger partial charge >= 0.3 is 5.97 Å². The summed E-state index contributed by atoms with van der Waals surface area (Å²) in [6, 6.07) is 5.45. The van der Waals surface area contributed by atoms with Crippen molar-refractivity contribution in [2.45, 2.75) is 38.8 Å². The molecule has 0 spiro atoms. The Hall–Kier alpha value is -3.29. The molecule has 0 fully saturated rings. The van der Waals surface area contributed by atoms with Crippen LogP contribution in [0.5, 0.6) is 11.5 Å². The predicted molar refractivity (Wildman–Crippen MR) is 124 cm³/mol. The number of halogens is 5. The molecular weight excluding hydrogens is 505 g/mol. The first kappa shape index (κ1) is 31.7. The summed E-state index contributed by atoms with van der Waals surface area (Å²) in [5.41, 5.74) is 6.23. The first-order valence-electron chi connectivity index (χ1n) is 11.3. The van der Waals surface area contributed by atoms with E-state index in [-0.39, 0.29) is 24.3 Å². The number of esters is 1. The largest absolute Gasteiger partial charge is 0.482 e. The van der Waals surface area contributed by atoms with Crippen molar-refractivity contribution in [3.8, 4) is 11.5 Å². The average molecular weight is 536 g/mol. The first-order chi connectivity index (χ1) is 17.6. The number of aliphatic hydroxyl groups excluding tert-OH is 1. The van der Waals surface area contributed by atoms with Crippen LogP contribution in [0.25, 0.3) is 0 Å². The number of rotatable bonds is 12. The summed E-state index contributed by atoms with van der Waals surface area (Å²) < 4.78 is 74.6. The second-order valence-corrected chi connectivity index (χ2v) is 7.56. The maximum absolute atomic E-state index is 13.3. The minimum Gasteiger partial charge on any atom is -0.482 e. The maximum atomic E-state index is 13.3. The van der Waals surface area contributed by atoms with Gasteiger partial charge in [0.1, 0.15) is 5.75 Å². The number of hydrogen-bond acceptors (Lipinski definition) is 7. The highest BCUT2D eigenvalue weighted by Gasteiger charge is 2.28. The minimum atomic E-state index is -2.36. The van der Waals surface area contributed by atoms with Crippen LogP contribution in [-0.2, 0) is 16.2 Å². The summed E-state index contributed by atoms with van der Waals surface area (Å²) in [4.78, 5) is 22.6. The zero-order valence-electron chi connectivity index (χ0n) is 20.4. The fraction of sp³-hybridized carbons (Fsp3) is 0.417. The van der Waals surface area contributed by atoms with Crippen LogP contribution in [-0.4, -0.2) is 49.8 Å². The van der Waals surface area contributed by atoms with Crippen LogP contribution in [0.2, 0.25) is 0 Å². The molecular formula is C24H30F5N3O5. The molecule has 8 nitrogen and oxygen atoms in total. The van der Waals surface area contributed by atoms with Crippen LogP contribution < -0.4 is 25.8 Å². The molecule has 0 aliphatic rings. The second-order valence-electron chi connectivity index (χ2n) is 7.56. The van der Waals surface area contributed by atoms with Gasteiger partial charge in [0.05, 0.1) is 12.6 Å². The molecule has 0 aliphatic heterocycles. The third-order valence-corrected chi connectivity index (χ3v) is 4.73. The van der Waals surface area contributed by atoms with Gasteiger partial charge in [-0.2, -0.15) is 8.78 Å². The van der Waals surface area contributed by atoms with Crippen molar-refractivity contribution in [3.05, 3.63) is 58.9 Å². The van der Waals surface area contributed by atoms with Crippen molar-refractivity contribution in [1.29, 1.82) is 0 Å². The number of nitrogens with one attached hydrogen (secondary N) is 2. The number of ether oxygens (including phenoxy) is 2. The van der Waals surface area contributed by atoms with Crippen LogP contribution >= 0.6 is 0 Å². The highest BCUT2D eigenvalue weighted by Crippen LogP contribution is 2.29. The lowest BCUT2D eigenvalue weighted by Crippen LogP contribution is -2.40. The number of benzene rings is 2. The molecule has 0 aromatic heterocycles. The summed E-state index contributed by atoms with van der Waals surface area (Å²) in [7, 11) is 1.92. The first-order valence-corrected chi connectivity index (χ1v) is 11.3. The molecule has 1 unspecified atom stereocenters. The number of nitrogens with two attached hydrogens (primary N) is 1. The Balaban J connectivity index is 0.000000448. The third-order valence-electron chi connectivity index (χ3n) is 4.73. The molecule has 1 amide bonds. The molecule has 2 rings (SSSR count). The highest BCUT2D eigenvalue weighted by molar-refractivity contribution is 5.81. The molecule has 1 atom stereocenters. The normalized spacial score (nSPS) is 11.3. The molecule has 2 aromatic carbocycles. The molecule has 2 aromatic rings. The number of unbranched alkanes of at least 4 members (excludes halogenated alkanes) is 1. The summed E-state index contributed by atoms with van der Waals surface area (Å²) in [5, 5.41) is 14.6. The van der Waals surface area contributed by atoms with E-state index in [1.165, 1.54) is 24.3 Å². The van der Waals surface area contributed by atoms with Crippen LogP contribution in [0.4, 0.5) is 22.0 Å². The molecule has 0 saturated carbocycles. The lowest BCUT2D eigenvalue weighted by molar-refractivity contribution is -0.137. The van der Waals surface area contributed by atoms with Gasteiger partial charge in [0.2, 0.25) is 40.7 Å². The van der Waals surface area contributed by atoms with E-state index in [0.29, 0.717) is 12.1 Å². The van der Waals surface area contributed by atoms with Crippen molar-refractivity contribution in [2.75, 3.05) is 26.7 Å². The van der Waals surface area contributed by atoms with Gasteiger partial charge in [0, 0.05) is 6.54 Å². The predicted octanol–water partition coefficient (Wildman–Crippen LogP) is 2.70. The van der Waals surface area contributed by atoms with E-state index in [1.807, 2.05) is 14.0 Å². The fourth-order valence-corrected chi connectivity index (χ4v) is 2.75. The standard InChI is InChI=1S/C15H9F5O4.C9H21N3O/c16-10-11(17)13(19)15(14(20)12(10)18)24-9(22)6-23-8-3-1-7(5-21)2-4-8;1-3-12-9(13)8(10)6-4-5-7-11-2/h1-4,21H,5-6H2;8,11H,3-7,10H2,1-2H3,(H,12,13). The van der Waals surface area contributed by atoms with Gasteiger partial charge in [-0.25, -0.2) is 18.0 Å². The van der Waals surface area contributed by atoms with Gasteiger partial charge < -0.3 is 30.9 Å². The SMILES string of the molecule is CCNC(=O)C(N)CCCCNC.O=C(COc1ccc(CO)cc1)Oc1c(F)c(F)c(F)c(F)c1F. The number of amides is 1. The molecule has 13 heteroatoms. The Kier molecular flexibility index (Phi) is 14.1. The smallest absolute Gasteiger partial charge is 0.349 e. The van der Waals surface area contributed by atoms with Gasteiger partial charge in [0.15, 0.2) is 6.61 Å². The minimum absolute atomic E-state index is 0.0352. The van der Waals surface area contributed by atoms with Crippen molar-refractivity contribution >= 4 is 11.9 Å². The Labute approximate surface area is 210 Å². The van der Waals surface area contributed by atoms with Gasteiger partial charge in [0.25, 0.3) is 0 Å². The number of hydrogen-bond donors (Lipinski definition) is 4. The summed E-state index contributed by atoms with van der Waals surface area (Å²) in [6.07, 6.45) is 2.84. The lowest BCUT2D eigenvalue weighted by atomic mass is 10.1. The van der Waals surface area contributed by atoms with Gasteiger partial charge in [-0.3, -0.25) is 4.79 Å². The topological polar surface area (TPSA) is 123 Å². The van der Waals surface area contributed by atoms with E-state index < -0.39 is 47.4 Å². The molecule has 0 bridgehead atoms. The molecule has 0 aliphatic carbocycles. The van der Waals surface area contributed by atoms with Crippen LogP contribution in [0.1, 0.15) is 31.7 Å². The number of likely N-dealkylation sites (N-methyl/N-ethyl adjacent to an activating group) is 1. The van der Waals surface area contributed by atoms with E-state index in [1.54, 1.807) is 0 Å². The lowest BCUT2D eigenvalue weighted by Gasteiger charge is -2.10. The monoisotopic (exact) mass is 535 g/mol. The van der Waals surface area contributed by atoms with Crippen LogP contribution in [0, 0.1) is 29.1 Å². The summed E-state index contributed by atoms with van der Waals surface area (Å²) in [5.74, 6) is -14.3. The van der Waals surface area contributed by atoms with E-state index in [4.69, 9.17) is 15.6 Å². The highest BCUT2D eigenvalue weighted by atomic mass is 19.2. The van der Waals surface area contributed by atoms with Gasteiger partial charge in [-0.15, -0.1) is 0 Å². The average Bonchev–Trinajstić information content (AvgIpc) is 2.90. The van der Waals surface area contributed by atoms with Crippen LogP contribution in [0.3, 0.4) is 0 Å². The van der Waals surface area contributed by atoms with Crippen molar-refractivity contribution in [3.63, 3.8) is 0 Å². The molecule has 0 heterocycles. The van der Waals surface area contributed by atoms with E-state index in [0.717, 1.165) is 25.8 Å². The van der Waals surface area contributed by atoms with E-state index >= 15 is 0 Å². The van der Waals surface area contributed by atoms with Crippen molar-refractivity contribution in [1.82, 2.24) is 10.6 Å². The maximum Gasteiger partial charge on any atom is 0.349 e. The fourth-order valence-electron chi connectivity index (χ4n) is 2.75. The summed E-state index contributed by atoms with van der Waals surface area (Å²) >= 11 is 0. The zero-order chi connectivity index (χ0) is 28.0. The number of carbonyl (C=O) groups is 2. The van der Waals surface area contributed by atoms with Crippen LogP contribution in [0.15, 0.2) is 24.3 Å². The zero-order valence-corrected chi connectivity index (χ0v) is 20.4. The van der Waals surface area contributed by atoms with Crippen molar-refractivity contribution < 1.29 is 46.1 Å². The summed E-state index contributed by atoms with van der Waals surface area (Å²) in [6.45, 7) is 2.50. The number of aliphatic hydroxyl groups is 1. The Morgan fingerprint density at radius 2 is 1.54 bits per heavy atom. The van der Waals surface area contributed by atoms with E-state index in [2.05, 4.69) is 15.4 Å². The third kappa shape index (κ3) is 10.3. The second kappa shape index (κ2) is 16.5. The molecule has 206 valence electrons. The Morgan fingerprint density at radius 1 is 0.973 bits per heavy atom. The Bertz CT molecular complexity index is 996. The quantitative estimate of drug-likeness (QED) is 0.0823. The van der Waals surface area contributed by atoms with Crippen molar-refractivity contribution in [2.24, 2.45) is 5.73 Å². The molecule has 5 N–H and O–H groups in total. The Morgan fingerprint density at radius 3 is 2.05 bits per heavy atom. The molecule has 0 radical (unpaired) electrons. The van der Waals surface area contributed by atoms with Gasteiger partial charge in [-0.1, -0.05) is 18.6 Å². The molecule has 0 saturated heterocycles. The van der Waals surface area contributed by atoms with Gasteiger partial charge in [-0.05, 0) is 51.1 Å². The molecule has 37 heavy (non-hydrogen) atoms. The van der Waals surface area contributed by atoms with E-state index in [9.17, 15) is 31.5 Å². The number of carbonyl (C=O) groups excluding carboxylic acids is 2.